The number of hydrogen-bond donors (Lipinski definition) is 2. The van der Waals surface area contributed by atoms with Crippen LogP contribution >= 0.6 is 0 Å². The van der Waals surface area contributed by atoms with Crippen molar-refractivity contribution in [3.05, 3.63) is 53.7 Å². The fraction of sp³-hybridized carbons (Fsp3) is 0.231. The molecule has 5 heteroatoms. The average Bonchev–Trinajstić information content (AvgIpc) is 2.76. The maximum Gasteiger partial charge on any atom is 0.325 e. The molecule has 0 amide bonds. The molecule has 0 aliphatic carbocycles. The summed E-state index contributed by atoms with van der Waals surface area (Å²) in [6.07, 6.45) is 1.61. The van der Waals surface area contributed by atoms with Crippen molar-refractivity contribution in [2.24, 2.45) is 0 Å². The van der Waals surface area contributed by atoms with E-state index in [1.165, 1.54) is 0 Å². The van der Waals surface area contributed by atoms with Gasteiger partial charge in [0.15, 0.2) is 0 Å². The highest BCUT2D eigenvalue weighted by Crippen LogP contribution is 2.13. The van der Waals surface area contributed by atoms with Gasteiger partial charge in [-0.3, -0.25) is 10.1 Å². The maximum absolute atomic E-state index is 11.2. The van der Waals surface area contributed by atoms with Gasteiger partial charge in [0.25, 0.3) is 0 Å². The smallest absolute Gasteiger partial charge is 0.325 e. The number of aryl methyl sites for hydroxylation is 1. The number of carbonyl (C=O) groups is 1. The number of rotatable bonds is 5. The van der Waals surface area contributed by atoms with Crippen LogP contribution in [0.4, 0.5) is 0 Å². The molecular weight excluding hydrogens is 232 g/mol. The second-order valence-electron chi connectivity index (χ2n) is 3.93. The van der Waals surface area contributed by atoms with Crippen LogP contribution in [-0.2, 0) is 11.3 Å². The van der Waals surface area contributed by atoms with Crippen LogP contribution in [0.1, 0.15) is 23.3 Å². The van der Waals surface area contributed by atoms with Gasteiger partial charge < -0.3 is 9.52 Å². The zero-order valence-corrected chi connectivity index (χ0v) is 9.96. The van der Waals surface area contributed by atoms with E-state index in [1.54, 1.807) is 25.3 Å². The topological polar surface area (TPSA) is 75.4 Å². The Morgan fingerprint density at radius 2 is 2.17 bits per heavy atom. The second-order valence-corrected chi connectivity index (χ2v) is 3.93. The van der Waals surface area contributed by atoms with Crippen molar-refractivity contribution >= 4 is 5.97 Å². The molecule has 0 saturated carbocycles. The number of benzene rings is 1. The van der Waals surface area contributed by atoms with Gasteiger partial charge in [0, 0.05) is 0 Å². The Bertz CT molecular complexity index is 522. The van der Waals surface area contributed by atoms with E-state index in [1.807, 2.05) is 18.2 Å². The van der Waals surface area contributed by atoms with E-state index in [2.05, 4.69) is 10.3 Å². The molecule has 1 aromatic heterocycles. The van der Waals surface area contributed by atoms with E-state index in [0.717, 1.165) is 0 Å². The minimum atomic E-state index is -0.926. The van der Waals surface area contributed by atoms with Gasteiger partial charge in [-0.2, -0.15) is 0 Å². The van der Waals surface area contributed by atoms with Gasteiger partial charge in [0.2, 0.25) is 5.89 Å². The van der Waals surface area contributed by atoms with Gasteiger partial charge in [0.05, 0.1) is 12.7 Å². The van der Waals surface area contributed by atoms with E-state index >= 15 is 0 Å². The Labute approximate surface area is 104 Å². The molecule has 1 atom stereocenters. The highest BCUT2D eigenvalue weighted by atomic mass is 16.4. The first-order chi connectivity index (χ1) is 8.66. The zero-order valence-electron chi connectivity index (χ0n) is 9.96. The number of nitrogens with one attached hydrogen (secondary N) is 1. The van der Waals surface area contributed by atoms with Gasteiger partial charge >= 0.3 is 5.97 Å². The highest BCUT2D eigenvalue weighted by molar-refractivity contribution is 5.75. The molecule has 0 spiro atoms. The molecule has 1 heterocycles. The van der Waals surface area contributed by atoms with Crippen LogP contribution in [0, 0.1) is 6.92 Å². The second kappa shape index (κ2) is 5.46. The van der Waals surface area contributed by atoms with Gasteiger partial charge in [-0.15, -0.1) is 0 Å². The standard InChI is InChI=1S/C13H14N2O3/c1-9-7-14-11(18-9)8-15-12(13(16)17)10-5-3-2-4-6-10/h2-7,12,15H,8H2,1H3,(H,16,17). The highest BCUT2D eigenvalue weighted by Gasteiger charge is 2.19. The van der Waals surface area contributed by atoms with Gasteiger partial charge in [-0.1, -0.05) is 30.3 Å². The monoisotopic (exact) mass is 246 g/mol. The van der Waals surface area contributed by atoms with Crippen molar-refractivity contribution < 1.29 is 14.3 Å². The number of hydrogen-bond acceptors (Lipinski definition) is 4. The van der Waals surface area contributed by atoms with Crippen LogP contribution in [0.15, 0.2) is 40.9 Å². The quantitative estimate of drug-likeness (QED) is 0.842. The molecule has 0 aliphatic rings. The summed E-state index contributed by atoms with van der Waals surface area (Å²) in [4.78, 5) is 15.2. The Kier molecular flexibility index (Phi) is 3.74. The Balaban J connectivity index is 2.06. The Hall–Kier alpha value is -2.14. The zero-order chi connectivity index (χ0) is 13.0. The predicted octanol–water partition coefficient (Wildman–Crippen LogP) is 1.90. The largest absolute Gasteiger partial charge is 0.480 e. The van der Waals surface area contributed by atoms with E-state index in [-0.39, 0.29) is 6.54 Å². The lowest BCUT2D eigenvalue weighted by Crippen LogP contribution is -2.28. The molecule has 5 nitrogen and oxygen atoms in total. The van der Waals surface area contributed by atoms with Crippen molar-refractivity contribution in [1.82, 2.24) is 10.3 Å². The maximum atomic E-state index is 11.2. The summed E-state index contributed by atoms with van der Waals surface area (Å²) in [5.41, 5.74) is 0.702. The predicted molar refractivity (Wildman–Crippen MR) is 64.9 cm³/mol. The lowest BCUT2D eigenvalue weighted by Gasteiger charge is -2.13. The van der Waals surface area contributed by atoms with E-state index in [0.29, 0.717) is 17.2 Å². The molecule has 0 aliphatic heterocycles. The fourth-order valence-electron chi connectivity index (χ4n) is 1.67. The summed E-state index contributed by atoms with van der Waals surface area (Å²) in [6, 6.07) is 8.24. The van der Waals surface area contributed by atoms with Crippen LogP contribution in [0.2, 0.25) is 0 Å². The lowest BCUT2D eigenvalue weighted by molar-refractivity contribution is -0.139. The minimum absolute atomic E-state index is 0.277. The molecule has 18 heavy (non-hydrogen) atoms. The summed E-state index contributed by atoms with van der Waals surface area (Å²) in [6.45, 7) is 2.07. The number of nitrogens with zero attached hydrogens (tertiary/aromatic N) is 1. The molecule has 0 radical (unpaired) electrons. The van der Waals surface area contributed by atoms with Gasteiger partial charge in [0.1, 0.15) is 11.8 Å². The fourth-order valence-corrected chi connectivity index (χ4v) is 1.67. The van der Waals surface area contributed by atoms with Crippen molar-refractivity contribution in [1.29, 1.82) is 0 Å². The molecule has 0 fully saturated rings. The van der Waals surface area contributed by atoms with Crippen LogP contribution in [-0.4, -0.2) is 16.1 Å². The van der Waals surface area contributed by atoms with Gasteiger partial charge in [-0.25, -0.2) is 4.98 Å². The van der Waals surface area contributed by atoms with Crippen LogP contribution in [0.5, 0.6) is 0 Å². The Morgan fingerprint density at radius 1 is 1.44 bits per heavy atom. The molecule has 0 bridgehead atoms. The average molecular weight is 246 g/mol. The molecule has 94 valence electrons. The third kappa shape index (κ3) is 2.95. The molecule has 0 saturated heterocycles. The molecule has 2 rings (SSSR count). The molecule has 2 N–H and O–H groups in total. The van der Waals surface area contributed by atoms with Crippen LogP contribution in [0.3, 0.4) is 0 Å². The summed E-state index contributed by atoms with van der Waals surface area (Å²) in [5, 5.41) is 12.1. The number of aliphatic carboxylic acids is 1. The summed E-state index contributed by atoms with van der Waals surface area (Å²) < 4.78 is 5.28. The Morgan fingerprint density at radius 3 is 2.72 bits per heavy atom. The third-order valence-corrected chi connectivity index (χ3v) is 2.51. The first-order valence-corrected chi connectivity index (χ1v) is 5.59. The molecule has 1 unspecified atom stereocenters. The van der Waals surface area contributed by atoms with Crippen molar-refractivity contribution in [3.8, 4) is 0 Å². The number of aromatic nitrogens is 1. The SMILES string of the molecule is Cc1cnc(CNC(C(=O)O)c2ccccc2)o1. The van der Waals surface area contributed by atoms with Crippen molar-refractivity contribution in [2.75, 3.05) is 0 Å². The number of carboxylic acid groups (broad SMARTS) is 1. The minimum Gasteiger partial charge on any atom is -0.480 e. The molecule has 2 aromatic rings. The normalized spacial score (nSPS) is 12.3. The van der Waals surface area contributed by atoms with E-state index in [9.17, 15) is 9.90 Å². The number of oxazole rings is 1. The van der Waals surface area contributed by atoms with E-state index < -0.39 is 12.0 Å². The van der Waals surface area contributed by atoms with Crippen LogP contribution in [0.25, 0.3) is 0 Å². The van der Waals surface area contributed by atoms with E-state index in [4.69, 9.17) is 4.42 Å². The molecular formula is C13H14N2O3. The molecule has 1 aromatic carbocycles. The summed E-state index contributed by atoms with van der Waals surface area (Å²) in [7, 11) is 0. The first-order valence-electron chi connectivity index (χ1n) is 5.59. The van der Waals surface area contributed by atoms with Crippen LogP contribution < -0.4 is 5.32 Å². The third-order valence-electron chi connectivity index (χ3n) is 2.51. The first kappa shape index (κ1) is 12.3. The number of carboxylic acids is 1. The summed E-state index contributed by atoms with van der Waals surface area (Å²) >= 11 is 0. The summed E-state index contributed by atoms with van der Waals surface area (Å²) in [5.74, 6) is 0.262. The van der Waals surface area contributed by atoms with Gasteiger partial charge in [-0.05, 0) is 12.5 Å². The van der Waals surface area contributed by atoms with Crippen molar-refractivity contribution in [3.63, 3.8) is 0 Å². The lowest BCUT2D eigenvalue weighted by atomic mass is 10.1. The van der Waals surface area contributed by atoms with Crippen molar-refractivity contribution in [2.45, 2.75) is 19.5 Å².